The highest BCUT2D eigenvalue weighted by Gasteiger charge is 2.39. The van der Waals surface area contributed by atoms with Gasteiger partial charge in [-0.3, -0.25) is 0 Å². The molecule has 5 atom stereocenters. The molecule has 3 N–H and O–H groups in total. The Bertz CT molecular complexity index is 1770. The molecule has 0 aromatic heterocycles. The summed E-state index contributed by atoms with van der Waals surface area (Å²) in [5, 5.41) is 33.6. The minimum Gasteiger partial charge on any atom is -0.489 e. The number of benzene rings is 5. The monoisotopic (exact) mass is 702 g/mol. The molecule has 0 aliphatic rings. The third kappa shape index (κ3) is 11.0. The topological polar surface area (TPSA) is 97.6 Å². The third-order valence-corrected chi connectivity index (χ3v) is 8.42. The Morgan fingerprint density at radius 3 is 1.71 bits per heavy atom. The van der Waals surface area contributed by atoms with Gasteiger partial charge in [-0.25, -0.2) is 13.2 Å². The van der Waals surface area contributed by atoms with Gasteiger partial charge in [-0.1, -0.05) is 97.1 Å². The highest BCUT2D eigenvalue weighted by atomic mass is 19.1. The quantitative estimate of drug-likeness (QED) is 0.0882. The molecule has 0 saturated heterocycles. The molecule has 0 fully saturated rings. The van der Waals surface area contributed by atoms with Gasteiger partial charge >= 0.3 is 0 Å². The van der Waals surface area contributed by atoms with Gasteiger partial charge in [0.05, 0.1) is 32.5 Å². The van der Waals surface area contributed by atoms with Crippen LogP contribution in [-0.2, 0) is 47.1 Å². The Labute approximate surface area is 295 Å². The number of ether oxygens (including phenoxy) is 4. The fourth-order valence-electron chi connectivity index (χ4n) is 5.53. The van der Waals surface area contributed by atoms with E-state index < -0.39 is 54.6 Å². The van der Waals surface area contributed by atoms with Crippen LogP contribution in [0.25, 0.3) is 0 Å². The lowest BCUT2D eigenvalue weighted by Gasteiger charge is -2.35. The summed E-state index contributed by atoms with van der Waals surface area (Å²) in [5.41, 5.74) is 2.60. The molecule has 7 nitrogen and oxygen atoms in total. The Kier molecular flexibility index (Phi) is 14.2. The first-order valence-corrected chi connectivity index (χ1v) is 16.6. The zero-order chi connectivity index (χ0) is 36.0. The van der Waals surface area contributed by atoms with E-state index in [4.69, 9.17) is 18.9 Å². The first-order chi connectivity index (χ1) is 24.8. The van der Waals surface area contributed by atoms with Gasteiger partial charge in [0, 0.05) is 17.5 Å². The highest BCUT2D eigenvalue weighted by molar-refractivity contribution is 5.33. The van der Waals surface area contributed by atoms with Crippen LogP contribution in [0.1, 0.15) is 27.8 Å². The zero-order valence-corrected chi connectivity index (χ0v) is 27.9. The second-order valence-electron chi connectivity index (χ2n) is 12.0. The van der Waals surface area contributed by atoms with Crippen LogP contribution in [0, 0.1) is 17.5 Å². The van der Waals surface area contributed by atoms with Gasteiger partial charge in [0.25, 0.3) is 0 Å². The van der Waals surface area contributed by atoms with Gasteiger partial charge in [0.2, 0.25) is 0 Å². The fourth-order valence-corrected chi connectivity index (χ4v) is 5.53. The molecule has 0 saturated carbocycles. The van der Waals surface area contributed by atoms with Crippen molar-refractivity contribution in [2.45, 2.75) is 63.4 Å². The summed E-state index contributed by atoms with van der Waals surface area (Å²) in [6, 6.07) is 34.3. The second-order valence-corrected chi connectivity index (χ2v) is 12.0. The van der Waals surface area contributed by atoms with E-state index in [0.29, 0.717) is 23.5 Å². The summed E-state index contributed by atoms with van der Waals surface area (Å²) < 4.78 is 67.5. The van der Waals surface area contributed by atoms with Crippen molar-refractivity contribution in [2.75, 3.05) is 6.61 Å². The van der Waals surface area contributed by atoms with E-state index in [9.17, 15) is 28.5 Å². The molecule has 5 rings (SSSR count). The number of aliphatic hydroxyl groups is 3. The first-order valence-electron chi connectivity index (χ1n) is 16.6. The Balaban J connectivity index is 1.37. The van der Waals surface area contributed by atoms with Crippen molar-refractivity contribution in [3.05, 3.63) is 173 Å². The van der Waals surface area contributed by atoms with Crippen LogP contribution >= 0.6 is 0 Å². The average Bonchev–Trinajstić information content (AvgIpc) is 3.15. The van der Waals surface area contributed by atoms with Crippen molar-refractivity contribution in [1.82, 2.24) is 0 Å². The average molecular weight is 703 g/mol. The maximum atomic E-state index is 15.0. The molecule has 0 heterocycles. The lowest BCUT2D eigenvalue weighted by molar-refractivity contribution is -0.185. The van der Waals surface area contributed by atoms with Gasteiger partial charge in [0.15, 0.2) is 0 Å². The van der Waals surface area contributed by atoms with E-state index in [-0.39, 0.29) is 37.4 Å². The summed E-state index contributed by atoms with van der Waals surface area (Å²) in [6.07, 6.45) is -7.43. The van der Waals surface area contributed by atoms with Crippen LogP contribution in [0.2, 0.25) is 0 Å². The first kappa shape index (κ1) is 37.7. The molecule has 5 aromatic carbocycles. The fraction of sp³-hybridized carbons (Fsp3) is 0.268. The Morgan fingerprint density at radius 1 is 0.490 bits per heavy atom. The molecule has 268 valence electrons. The number of hydrogen-bond acceptors (Lipinski definition) is 7. The number of para-hydroxylation sites is 1. The van der Waals surface area contributed by atoms with Crippen molar-refractivity contribution in [2.24, 2.45) is 0 Å². The lowest BCUT2D eigenvalue weighted by Crippen LogP contribution is -2.53. The summed E-state index contributed by atoms with van der Waals surface area (Å²) in [7, 11) is 0. The lowest BCUT2D eigenvalue weighted by atomic mass is 9.94. The Morgan fingerprint density at radius 2 is 1.04 bits per heavy atom. The van der Waals surface area contributed by atoms with Gasteiger partial charge in [-0.15, -0.1) is 0 Å². The van der Waals surface area contributed by atoms with E-state index in [1.807, 2.05) is 36.4 Å². The summed E-state index contributed by atoms with van der Waals surface area (Å²) in [4.78, 5) is 0. The van der Waals surface area contributed by atoms with E-state index in [1.165, 1.54) is 54.6 Å². The van der Waals surface area contributed by atoms with Gasteiger partial charge < -0.3 is 34.3 Å². The summed E-state index contributed by atoms with van der Waals surface area (Å²) >= 11 is 0. The molecule has 0 spiro atoms. The maximum Gasteiger partial charge on any atom is 0.128 e. The molecule has 0 aliphatic carbocycles. The van der Waals surface area contributed by atoms with Gasteiger partial charge in [0.1, 0.15) is 54.2 Å². The molecule has 0 bridgehead atoms. The number of aliphatic hydroxyl groups excluding tert-OH is 3. The normalized spacial score (nSPS) is 14.4. The Hall–Kier alpha value is -4.55. The molecule has 0 aliphatic heterocycles. The van der Waals surface area contributed by atoms with E-state index in [2.05, 4.69) is 0 Å². The number of hydrogen-bond donors (Lipinski definition) is 3. The molecule has 51 heavy (non-hydrogen) atoms. The largest absolute Gasteiger partial charge is 0.489 e. The minimum atomic E-state index is -1.76. The van der Waals surface area contributed by atoms with Crippen LogP contribution in [0.15, 0.2) is 127 Å². The predicted molar refractivity (Wildman–Crippen MR) is 185 cm³/mol. The van der Waals surface area contributed by atoms with Crippen molar-refractivity contribution in [3.8, 4) is 5.75 Å². The maximum absolute atomic E-state index is 15.0. The van der Waals surface area contributed by atoms with Gasteiger partial charge in [-0.2, -0.15) is 0 Å². The number of halogens is 3. The molecule has 0 radical (unpaired) electrons. The molecular weight excluding hydrogens is 661 g/mol. The van der Waals surface area contributed by atoms with Crippen molar-refractivity contribution in [3.63, 3.8) is 0 Å². The van der Waals surface area contributed by atoms with Crippen LogP contribution in [-0.4, -0.2) is 52.4 Å². The standard InChI is InChI=1S/C41H41F3O7/c42-33-20-18-29(19-21-33)25-51-41(37(22-30-12-4-7-15-34(30)43)49-26-31-13-5-8-16-35(31)44)40(47)39(46)38(23-45)50-27-32-14-6-9-17-36(32)48-24-28-10-2-1-3-11-28/h1-21,37-41,45-47H,22-27H2/t37?,38-,39-,40+,41-/m1/s1. The molecule has 5 aromatic rings. The molecule has 1 unspecified atom stereocenters. The predicted octanol–water partition coefficient (Wildman–Crippen LogP) is 6.70. The molecule has 0 amide bonds. The summed E-state index contributed by atoms with van der Waals surface area (Å²) in [5.74, 6) is -0.964. The third-order valence-electron chi connectivity index (χ3n) is 8.42. The van der Waals surface area contributed by atoms with E-state index in [0.717, 1.165) is 5.56 Å². The van der Waals surface area contributed by atoms with Gasteiger partial charge in [-0.05, 0) is 47.0 Å². The van der Waals surface area contributed by atoms with Crippen LogP contribution < -0.4 is 4.74 Å². The molecule has 10 heteroatoms. The highest BCUT2D eigenvalue weighted by Crippen LogP contribution is 2.26. The van der Waals surface area contributed by atoms with Crippen molar-refractivity contribution >= 4 is 0 Å². The van der Waals surface area contributed by atoms with Crippen LogP contribution in [0.5, 0.6) is 5.75 Å². The molecular formula is C41H41F3O7. The SMILES string of the molecule is OC[C@@H](OCc1ccccc1OCc1ccccc1)[C@@H](O)[C@H](O)[C@H](OCc1ccc(F)cc1)C(Cc1ccccc1F)OCc1ccccc1F. The smallest absolute Gasteiger partial charge is 0.128 e. The number of rotatable bonds is 19. The minimum absolute atomic E-state index is 0.0798. The van der Waals surface area contributed by atoms with E-state index in [1.54, 1.807) is 36.4 Å². The van der Waals surface area contributed by atoms with E-state index >= 15 is 0 Å². The van der Waals surface area contributed by atoms with Crippen LogP contribution in [0.4, 0.5) is 13.2 Å². The van der Waals surface area contributed by atoms with Crippen molar-refractivity contribution in [1.29, 1.82) is 0 Å². The van der Waals surface area contributed by atoms with Crippen molar-refractivity contribution < 1.29 is 47.4 Å². The summed E-state index contributed by atoms with van der Waals surface area (Å²) in [6.45, 7) is -0.855. The zero-order valence-electron chi connectivity index (χ0n) is 27.9. The van der Waals surface area contributed by atoms with Crippen LogP contribution in [0.3, 0.4) is 0 Å². The second kappa shape index (κ2) is 19.2.